The number of hydrazone groups is 1. The Balaban J connectivity index is 1.65. The molecule has 3 nitrogen and oxygen atoms in total. The molecule has 2 rings (SSSR count). The van der Waals surface area contributed by atoms with E-state index in [0.29, 0.717) is 6.42 Å². The number of hydrogen-bond donors (Lipinski definition) is 1. The Morgan fingerprint density at radius 1 is 0.920 bits per heavy atom. The molecular formula is C22H30N2O. The van der Waals surface area contributed by atoms with Crippen molar-refractivity contribution in [3.05, 3.63) is 48.0 Å². The summed E-state index contributed by atoms with van der Waals surface area (Å²) in [5, 5.41) is 6.44. The first-order valence-electron chi connectivity index (χ1n) is 9.61. The molecule has 0 unspecified atom stereocenters. The van der Waals surface area contributed by atoms with Gasteiger partial charge in [-0.25, -0.2) is 5.43 Å². The molecule has 2 aromatic rings. The number of carbonyl (C=O) groups is 1. The molecule has 0 aliphatic rings. The van der Waals surface area contributed by atoms with Crippen LogP contribution < -0.4 is 5.43 Å². The Labute approximate surface area is 151 Å². The smallest absolute Gasteiger partial charge is 0.240 e. The van der Waals surface area contributed by atoms with Crippen molar-refractivity contribution in [1.82, 2.24) is 5.43 Å². The molecule has 0 bridgehead atoms. The zero-order chi connectivity index (χ0) is 17.7. The lowest BCUT2D eigenvalue weighted by molar-refractivity contribution is -0.121. The third kappa shape index (κ3) is 7.08. The zero-order valence-corrected chi connectivity index (χ0v) is 15.3. The fraction of sp³-hybridized carbons (Fsp3) is 0.455. The normalized spacial score (nSPS) is 11.2. The second kappa shape index (κ2) is 11.4. The molecule has 0 aliphatic heterocycles. The summed E-state index contributed by atoms with van der Waals surface area (Å²) >= 11 is 0. The molecule has 0 spiro atoms. The van der Waals surface area contributed by atoms with Crippen molar-refractivity contribution in [3.63, 3.8) is 0 Å². The van der Waals surface area contributed by atoms with Crippen molar-refractivity contribution >= 4 is 22.9 Å². The number of carbonyl (C=O) groups excluding carboxylic acids is 1. The van der Waals surface area contributed by atoms with Gasteiger partial charge >= 0.3 is 0 Å². The van der Waals surface area contributed by atoms with Gasteiger partial charge in [-0.3, -0.25) is 4.79 Å². The van der Waals surface area contributed by atoms with Gasteiger partial charge in [0.1, 0.15) is 0 Å². The average molecular weight is 338 g/mol. The highest BCUT2D eigenvalue weighted by atomic mass is 16.2. The summed E-state index contributed by atoms with van der Waals surface area (Å²) in [6, 6.07) is 14.3. The van der Waals surface area contributed by atoms with E-state index in [-0.39, 0.29) is 5.91 Å². The molecule has 3 heteroatoms. The molecule has 0 saturated heterocycles. The minimum Gasteiger partial charge on any atom is -0.273 e. The van der Waals surface area contributed by atoms with Crippen LogP contribution in [0.15, 0.2) is 47.6 Å². The molecule has 0 atom stereocenters. The Morgan fingerprint density at radius 3 is 2.40 bits per heavy atom. The molecule has 0 aliphatic carbocycles. The number of fused-ring (bicyclic) bond motifs is 1. The van der Waals surface area contributed by atoms with E-state index >= 15 is 0 Å². The van der Waals surface area contributed by atoms with Crippen LogP contribution in [0.5, 0.6) is 0 Å². The molecule has 0 radical (unpaired) electrons. The summed E-state index contributed by atoms with van der Waals surface area (Å²) in [7, 11) is 0. The van der Waals surface area contributed by atoms with Gasteiger partial charge in [0.25, 0.3) is 0 Å². The quantitative estimate of drug-likeness (QED) is 0.313. The maximum Gasteiger partial charge on any atom is 0.240 e. The molecular weight excluding hydrogens is 308 g/mol. The topological polar surface area (TPSA) is 41.5 Å². The molecule has 25 heavy (non-hydrogen) atoms. The van der Waals surface area contributed by atoms with Gasteiger partial charge in [-0.2, -0.15) is 5.10 Å². The lowest BCUT2D eigenvalue weighted by Gasteiger charge is -2.03. The van der Waals surface area contributed by atoms with Crippen molar-refractivity contribution in [2.24, 2.45) is 5.10 Å². The van der Waals surface area contributed by atoms with Crippen LogP contribution in [0.2, 0.25) is 0 Å². The van der Waals surface area contributed by atoms with Gasteiger partial charge in [-0.1, -0.05) is 94.3 Å². The second-order valence-corrected chi connectivity index (χ2v) is 6.59. The van der Waals surface area contributed by atoms with Gasteiger partial charge in [0, 0.05) is 12.0 Å². The van der Waals surface area contributed by atoms with Crippen LogP contribution in [0.4, 0.5) is 0 Å². The average Bonchev–Trinajstić information content (AvgIpc) is 2.64. The van der Waals surface area contributed by atoms with Crippen LogP contribution in [-0.2, 0) is 4.79 Å². The van der Waals surface area contributed by atoms with E-state index in [2.05, 4.69) is 35.7 Å². The Hall–Kier alpha value is -2.16. The molecule has 0 aromatic heterocycles. The maximum atomic E-state index is 11.8. The van der Waals surface area contributed by atoms with E-state index < -0.39 is 0 Å². The zero-order valence-electron chi connectivity index (χ0n) is 15.3. The van der Waals surface area contributed by atoms with Crippen LogP contribution in [0.1, 0.15) is 70.3 Å². The van der Waals surface area contributed by atoms with E-state index in [4.69, 9.17) is 0 Å². The van der Waals surface area contributed by atoms with E-state index in [0.717, 1.165) is 23.8 Å². The first kappa shape index (κ1) is 19.2. The Morgan fingerprint density at radius 2 is 1.60 bits per heavy atom. The first-order valence-corrected chi connectivity index (χ1v) is 9.61. The first-order chi connectivity index (χ1) is 12.3. The summed E-state index contributed by atoms with van der Waals surface area (Å²) in [4.78, 5) is 11.8. The molecule has 0 heterocycles. The standard InChI is InChI=1S/C22H30N2O/c1-2-3-4-5-6-7-8-9-17-22(25)24-23-18-20-15-12-14-19-13-10-11-16-21(19)20/h10-16,18H,2-9,17H2,1H3,(H,24,25)/b23-18+. The molecule has 1 N–H and O–H groups in total. The Kier molecular flexibility index (Phi) is 8.74. The summed E-state index contributed by atoms with van der Waals surface area (Å²) in [5.74, 6) is 0.00229. The highest BCUT2D eigenvalue weighted by Gasteiger charge is 2.00. The summed E-state index contributed by atoms with van der Waals surface area (Å²) in [6.07, 6.45) is 12.2. The fourth-order valence-electron chi connectivity index (χ4n) is 3.01. The minimum atomic E-state index is 0.00229. The van der Waals surface area contributed by atoms with Crippen LogP contribution in [0.25, 0.3) is 10.8 Å². The predicted molar refractivity (Wildman–Crippen MR) is 107 cm³/mol. The largest absolute Gasteiger partial charge is 0.273 e. The van der Waals surface area contributed by atoms with E-state index in [1.54, 1.807) is 6.21 Å². The van der Waals surface area contributed by atoms with Crippen LogP contribution in [-0.4, -0.2) is 12.1 Å². The van der Waals surface area contributed by atoms with Crippen LogP contribution in [0, 0.1) is 0 Å². The number of nitrogens with one attached hydrogen (secondary N) is 1. The number of nitrogens with zero attached hydrogens (tertiary/aromatic N) is 1. The third-order valence-corrected chi connectivity index (χ3v) is 4.47. The van der Waals surface area contributed by atoms with Gasteiger partial charge in [-0.05, 0) is 17.2 Å². The molecule has 1 amide bonds. The van der Waals surface area contributed by atoms with Gasteiger partial charge in [0.05, 0.1) is 6.21 Å². The van der Waals surface area contributed by atoms with Gasteiger partial charge in [0.2, 0.25) is 5.91 Å². The molecule has 134 valence electrons. The van der Waals surface area contributed by atoms with Gasteiger partial charge in [-0.15, -0.1) is 0 Å². The van der Waals surface area contributed by atoms with Crippen molar-refractivity contribution in [3.8, 4) is 0 Å². The molecule has 0 fully saturated rings. The minimum absolute atomic E-state index is 0.00229. The number of hydrogen-bond acceptors (Lipinski definition) is 2. The number of rotatable bonds is 11. The summed E-state index contributed by atoms with van der Waals surface area (Å²) in [5.41, 5.74) is 3.66. The summed E-state index contributed by atoms with van der Waals surface area (Å²) in [6.45, 7) is 2.24. The SMILES string of the molecule is CCCCCCCCCCC(=O)N/N=C/c1cccc2ccccc12. The van der Waals surface area contributed by atoms with Gasteiger partial charge in [0.15, 0.2) is 0 Å². The number of amides is 1. The van der Waals surface area contributed by atoms with Gasteiger partial charge < -0.3 is 0 Å². The van der Waals surface area contributed by atoms with E-state index in [1.807, 2.05) is 24.3 Å². The maximum absolute atomic E-state index is 11.8. The van der Waals surface area contributed by atoms with Crippen molar-refractivity contribution in [2.75, 3.05) is 0 Å². The lowest BCUT2D eigenvalue weighted by Crippen LogP contribution is -2.16. The van der Waals surface area contributed by atoms with Crippen molar-refractivity contribution in [1.29, 1.82) is 0 Å². The monoisotopic (exact) mass is 338 g/mol. The van der Waals surface area contributed by atoms with Crippen LogP contribution in [0.3, 0.4) is 0 Å². The number of unbranched alkanes of at least 4 members (excludes halogenated alkanes) is 7. The fourth-order valence-corrected chi connectivity index (χ4v) is 3.01. The van der Waals surface area contributed by atoms with Crippen molar-refractivity contribution < 1.29 is 4.79 Å². The van der Waals surface area contributed by atoms with E-state index in [9.17, 15) is 4.79 Å². The lowest BCUT2D eigenvalue weighted by atomic mass is 10.1. The molecule has 2 aromatic carbocycles. The van der Waals surface area contributed by atoms with Crippen molar-refractivity contribution in [2.45, 2.75) is 64.7 Å². The Bertz CT molecular complexity index is 673. The molecule has 0 saturated carbocycles. The predicted octanol–water partition coefficient (Wildman–Crippen LogP) is 5.82. The summed E-state index contributed by atoms with van der Waals surface area (Å²) < 4.78 is 0. The highest BCUT2D eigenvalue weighted by molar-refractivity contribution is 5.99. The van der Waals surface area contributed by atoms with E-state index in [1.165, 1.54) is 43.9 Å². The van der Waals surface area contributed by atoms with Crippen LogP contribution >= 0.6 is 0 Å². The number of benzene rings is 2. The second-order valence-electron chi connectivity index (χ2n) is 6.59. The highest BCUT2D eigenvalue weighted by Crippen LogP contribution is 2.16. The third-order valence-electron chi connectivity index (χ3n) is 4.47.